The first-order valence-electron chi connectivity index (χ1n) is 14.1. The van der Waals surface area contributed by atoms with E-state index in [4.69, 9.17) is 0 Å². The molecule has 9 aromatic carbocycles. The van der Waals surface area contributed by atoms with Gasteiger partial charge in [-0.1, -0.05) is 91.0 Å². The maximum Gasteiger partial charge on any atom is 0.124 e. The molecule has 0 amide bonds. The van der Waals surface area contributed by atoms with Gasteiger partial charge in [0.2, 0.25) is 0 Å². The average molecular weight is 541 g/mol. The zero-order chi connectivity index (χ0) is 27.9. The number of rotatable bonds is 2. The lowest BCUT2D eigenvalue weighted by molar-refractivity contribution is 0.629. The molecule has 0 N–H and O–H groups in total. The summed E-state index contributed by atoms with van der Waals surface area (Å²) >= 11 is 0. The molecule has 0 radical (unpaired) electrons. The molecular formula is C40H22F2. The summed E-state index contributed by atoms with van der Waals surface area (Å²) in [5.74, 6) is -0.436. The Hall–Kier alpha value is -5.34. The molecule has 0 aliphatic heterocycles. The van der Waals surface area contributed by atoms with Gasteiger partial charge in [-0.15, -0.1) is 0 Å². The van der Waals surface area contributed by atoms with Crippen LogP contribution in [0.5, 0.6) is 0 Å². The molecule has 0 saturated heterocycles. The van der Waals surface area contributed by atoms with E-state index in [1.54, 1.807) is 18.2 Å². The van der Waals surface area contributed by atoms with Crippen LogP contribution < -0.4 is 0 Å². The van der Waals surface area contributed by atoms with Gasteiger partial charge in [-0.25, -0.2) is 8.78 Å². The monoisotopic (exact) mass is 540 g/mol. The van der Waals surface area contributed by atoms with Crippen molar-refractivity contribution in [1.29, 1.82) is 0 Å². The van der Waals surface area contributed by atoms with Gasteiger partial charge in [-0.3, -0.25) is 0 Å². The van der Waals surface area contributed by atoms with E-state index in [-0.39, 0.29) is 11.6 Å². The quantitative estimate of drug-likeness (QED) is 0.151. The third-order valence-electron chi connectivity index (χ3n) is 8.81. The minimum absolute atomic E-state index is 0.210. The average Bonchev–Trinajstić information content (AvgIpc) is 3.01. The van der Waals surface area contributed by atoms with Crippen molar-refractivity contribution in [3.05, 3.63) is 145 Å². The zero-order valence-electron chi connectivity index (χ0n) is 22.5. The zero-order valence-corrected chi connectivity index (χ0v) is 22.5. The van der Waals surface area contributed by atoms with Crippen LogP contribution in [0.4, 0.5) is 8.78 Å². The Labute approximate surface area is 240 Å². The van der Waals surface area contributed by atoms with Gasteiger partial charge in [0, 0.05) is 0 Å². The van der Waals surface area contributed by atoms with Gasteiger partial charge in [0.25, 0.3) is 0 Å². The standard InChI is InChI=1S/C40H22F2/c41-31-16-15-23-17-27(10-9-24(23)20-31)39-33-5-1-3-7-35(33)40(36-8-4-2-6-34(36)39)30-18-25-11-13-28-21-32(42)22-29-14-12-26(19-30)37(25)38(28)29/h1-22H. The maximum absolute atomic E-state index is 14.3. The normalized spacial score (nSPS) is 12.0. The van der Waals surface area contributed by atoms with E-state index in [1.165, 1.54) is 44.1 Å². The van der Waals surface area contributed by atoms with Gasteiger partial charge in [0.15, 0.2) is 0 Å². The molecule has 0 atom stereocenters. The molecule has 9 aromatic rings. The van der Waals surface area contributed by atoms with E-state index in [0.717, 1.165) is 48.8 Å². The summed E-state index contributed by atoms with van der Waals surface area (Å²) in [6, 6.07) is 44.6. The van der Waals surface area contributed by atoms with E-state index >= 15 is 0 Å². The first-order valence-corrected chi connectivity index (χ1v) is 14.1. The number of hydrogen-bond donors (Lipinski definition) is 0. The molecule has 0 fully saturated rings. The summed E-state index contributed by atoms with van der Waals surface area (Å²) in [5.41, 5.74) is 4.64. The van der Waals surface area contributed by atoms with E-state index < -0.39 is 0 Å². The second kappa shape index (κ2) is 8.58. The Balaban J connectivity index is 1.38. The van der Waals surface area contributed by atoms with E-state index in [2.05, 4.69) is 84.9 Å². The van der Waals surface area contributed by atoms with Crippen LogP contribution in [0, 0.1) is 11.6 Å². The molecule has 0 spiro atoms. The molecule has 0 nitrogen and oxygen atoms in total. The summed E-state index contributed by atoms with van der Waals surface area (Å²) in [4.78, 5) is 0. The Kier molecular flexibility index (Phi) is 4.77. The van der Waals surface area contributed by atoms with Gasteiger partial charge >= 0.3 is 0 Å². The first kappa shape index (κ1) is 23.4. The Bertz CT molecular complexity index is 2420. The van der Waals surface area contributed by atoms with E-state index in [0.29, 0.717) is 0 Å². The molecule has 0 aliphatic carbocycles. The van der Waals surface area contributed by atoms with Crippen LogP contribution in [-0.2, 0) is 0 Å². The molecule has 0 heterocycles. The van der Waals surface area contributed by atoms with Gasteiger partial charge < -0.3 is 0 Å². The SMILES string of the molecule is Fc1ccc2cc(-c3c4ccccc4c(-c4cc5ccc6cc(F)cc7ccc(c4)c5c67)c4ccccc34)ccc2c1. The van der Waals surface area contributed by atoms with Gasteiger partial charge in [0.05, 0.1) is 0 Å². The van der Waals surface area contributed by atoms with Gasteiger partial charge in [-0.2, -0.15) is 0 Å². The van der Waals surface area contributed by atoms with Crippen LogP contribution in [0.15, 0.2) is 133 Å². The molecule has 2 heteroatoms. The summed E-state index contributed by atoms with van der Waals surface area (Å²) in [5, 5.41) is 13.0. The van der Waals surface area contributed by atoms with Crippen molar-refractivity contribution in [3.8, 4) is 22.3 Å². The topological polar surface area (TPSA) is 0 Å². The smallest absolute Gasteiger partial charge is 0.124 e. The third kappa shape index (κ3) is 3.33. The summed E-state index contributed by atoms with van der Waals surface area (Å²) in [6.45, 7) is 0. The van der Waals surface area contributed by atoms with Crippen LogP contribution >= 0.6 is 0 Å². The predicted octanol–water partition coefficient (Wildman–Crippen LogP) is 11.7. The van der Waals surface area contributed by atoms with Crippen LogP contribution in [0.25, 0.3) is 86.9 Å². The second-order valence-corrected chi connectivity index (χ2v) is 11.2. The van der Waals surface area contributed by atoms with Gasteiger partial charge in [0.1, 0.15) is 11.6 Å². The molecule has 0 unspecified atom stereocenters. The molecule has 196 valence electrons. The fourth-order valence-corrected chi connectivity index (χ4v) is 7.07. The van der Waals surface area contributed by atoms with E-state index in [1.807, 2.05) is 24.3 Å². The van der Waals surface area contributed by atoms with Crippen LogP contribution in [0.1, 0.15) is 0 Å². The Morgan fingerprint density at radius 3 is 1.24 bits per heavy atom. The summed E-state index contributed by atoms with van der Waals surface area (Å²) in [6.07, 6.45) is 0. The van der Waals surface area contributed by atoms with Crippen molar-refractivity contribution in [1.82, 2.24) is 0 Å². The summed E-state index contributed by atoms with van der Waals surface area (Å²) < 4.78 is 28.2. The lowest BCUT2D eigenvalue weighted by Crippen LogP contribution is -1.92. The molecule has 0 bridgehead atoms. The molecule has 42 heavy (non-hydrogen) atoms. The van der Waals surface area contributed by atoms with Crippen LogP contribution in [0.2, 0.25) is 0 Å². The third-order valence-corrected chi connectivity index (χ3v) is 8.81. The van der Waals surface area contributed by atoms with Crippen LogP contribution in [0.3, 0.4) is 0 Å². The van der Waals surface area contributed by atoms with E-state index in [9.17, 15) is 8.78 Å². The van der Waals surface area contributed by atoms with Gasteiger partial charge in [-0.05, 0) is 129 Å². The van der Waals surface area contributed by atoms with Crippen molar-refractivity contribution < 1.29 is 8.78 Å². The highest BCUT2D eigenvalue weighted by molar-refractivity contribution is 6.26. The highest BCUT2D eigenvalue weighted by Gasteiger charge is 2.18. The predicted molar refractivity (Wildman–Crippen MR) is 173 cm³/mol. The number of halogens is 2. The molecule has 0 aromatic heterocycles. The maximum atomic E-state index is 14.3. The molecule has 0 aliphatic rings. The number of benzene rings is 9. The Morgan fingerprint density at radius 1 is 0.310 bits per heavy atom. The second-order valence-electron chi connectivity index (χ2n) is 11.2. The molecular weight excluding hydrogens is 518 g/mol. The molecule has 0 saturated carbocycles. The van der Waals surface area contributed by atoms with Crippen LogP contribution in [-0.4, -0.2) is 0 Å². The van der Waals surface area contributed by atoms with Crippen molar-refractivity contribution in [2.75, 3.05) is 0 Å². The van der Waals surface area contributed by atoms with Crippen molar-refractivity contribution in [3.63, 3.8) is 0 Å². The minimum atomic E-state index is -0.226. The lowest BCUT2D eigenvalue weighted by atomic mass is 9.84. The first-order chi connectivity index (χ1) is 20.6. The largest absolute Gasteiger partial charge is 0.207 e. The highest BCUT2D eigenvalue weighted by Crippen LogP contribution is 2.46. The number of hydrogen-bond acceptors (Lipinski definition) is 0. The minimum Gasteiger partial charge on any atom is -0.207 e. The lowest BCUT2D eigenvalue weighted by Gasteiger charge is -2.19. The van der Waals surface area contributed by atoms with Crippen molar-refractivity contribution >= 4 is 64.6 Å². The molecule has 9 rings (SSSR count). The highest BCUT2D eigenvalue weighted by atomic mass is 19.1. The fraction of sp³-hybridized carbons (Fsp3) is 0. The van der Waals surface area contributed by atoms with Crippen molar-refractivity contribution in [2.45, 2.75) is 0 Å². The summed E-state index contributed by atoms with van der Waals surface area (Å²) in [7, 11) is 0. The fourth-order valence-electron chi connectivity index (χ4n) is 7.07. The van der Waals surface area contributed by atoms with Crippen molar-refractivity contribution in [2.24, 2.45) is 0 Å². The Morgan fingerprint density at radius 2 is 0.690 bits per heavy atom. The number of fused-ring (bicyclic) bond motifs is 3.